The van der Waals surface area contributed by atoms with Crippen molar-refractivity contribution in [2.75, 3.05) is 18.0 Å². The van der Waals surface area contributed by atoms with Crippen LogP contribution in [0.25, 0.3) is 33.6 Å². The van der Waals surface area contributed by atoms with E-state index in [1.165, 1.54) is 6.33 Å². The normalized spacial score (nSPS) is 16.2. The molecule has 0 radical (unpaired) electrons. The number of rotatable bonds is 5. The van der Waals surface area contributed by atoms with Gasteiger partial charge >= 0.3 is 0 Å². The molecule has 1 fully saturated rings. The van der Waals surface area contributed by atoms with Crippen molar-refractivity contribution >= 4 is 28.0 Å². The van der Waals surface area contributed by atoms with Gasteiger partial charge in [-0.2, -0.15) is 15.2 Å². The molecule has 1 aliphatic rings. The van der Waals surface area contributed by atoms with E-state index in [0.717, 1.165) is 59.1 Å². The fourth-order valence-electron chi connectivity index (χ4n) is 4.67. The Kier molecular flexibility index (Phi) is 4.67. The van der Waals surface area contributed by atoms with E-state index in [1.807, 2.05) is 42.7 Å². The van der Waals surface area contributed by atoms with Crippen molar-refractivity contribution in [3.63, 3.8) is 0 Å². The molecule has 6 heterocycles. The van der Waals surface area contributed by atoms with Crippen LogP contribution < -0.4 is 9.64 Å². The van der Waals surface area contributed by atoms with Crippen LogP contribution in [0, 0.1) is 6.92 Å². The van der Waals surface area contributed by atoms with E-state index in [0.29, 0.717) is 17.9 Å². The van der Waals surface area contributed by atoms with Gasteiger partial charge in [0.05, 0.1) is 29.9 Å². The lowest BCUT2D eigenvalue weighted by atomic mass is 10.2. The van der Waals surface area contributed by atoms with Gasteiger partial charge in [-0.05, 0) is 13.8 Å². The predicted octanol–water partition coefficient (Wildman–Crippen LogP) is 1.89. The van der Waals surface area contributed by atoms with Gasteiger partial charge in [-0.15, -0.1) is 0 Å². The van der Waals surface area contributed by atoms with Gasteiger partial charge in [0.1, 0.15) is 30.4 Å². The second kappa shape index (κ2) is 7.75. The largest absolute Gasteiger partial charge is 0.471 e. The van der Waals surface area contributed by atoms with Crippen molar-refractivity contribution < 1.29 is 4.74 Å². The molecule has 34 heavy (non-hydrogen) atoms. The highest BCUT2D eigenvalue weighted by Crippen LogP contribution is 2.31. The van der Waals surface area contributed by atoms with Gasteiger partial charge in [-0.1, -0.05) is 0 Å². The number of nitrogens with zero attached hydrogens (tertiary/aromatic N) is 11. The number of fused-ring (bicyclic) bond motifs is 2. The summed E-state index contributed by atoms with van der Waals surface area (Å²) in [5, 5.41) is 9.72. The first-order chi connectivity index (χ1) is 16.5. The zero-order valence-electron chi connectivity index (χ0n) is 19.5. The molecule has 1 aliphatic heterocycles. The first-order valence-electron chi connectivity index (χ1n) is 11.3. The SMILES string of the molecule is CCn1ncc(-c2nc3c(O[C@H]4CCN(c5ncnc6c5cnn6C)C4)ncnc3n2C)c1C. The van der Waals surface area contributed by atoms with Crippen LogP contribution in [-0.2, 0) is 20.6 Å². The van der Waals surface area contributed by atoms with Crippen molar-refractivity contribution in [1.82, 2.24) is 49.0 Å². The summed E-state index contributed by atoms with van der Waals surface area (Å²) >= 11 is 0. The lowest BCUT2D eigenvalue weighted by Gasteiger charge is -2.18. The lowest BCUT2D eigenvalue weighted by Crippen LogP contribution is -2.25. The minimum absolute atomic E-state index is 0.0465. The van der Waals surface area contributed by atoms with E-state index in [9.17, 15) is 0 Å². The van der Waals surface area contributed by atoms with Crippen LogP contribution in [0.2, 0.25) is 0 Å². The van der Waals surface area contributed by atoms with E-state index in [-0.39, 0.29) is 6.10 Å². The monoisotopic (exact) mass is 459 g/mol. The molecule has 0 N–H and O–H groups in total. The van der Waals surface area contributed by atoms with Crippen LogP contribution >= 0.6 is 0 Å². The molecule has 174 valence electrons. The number of aryl methyl sites for hydroxylation is 3. The summed E-state index contributed by atoms with van der Waals surface area (Å²) in [6.45, 7) is 6.44. The predicted molar refractivity (Wildman–Crippen MR) is 125 cm³/mol. The molecule has 1 atom stereocenters. The quantitative estimate of drug-likeness (QED) is 0.388. The molecule has 0 bridgehead atoms. The number of ether oxygens (including phenoxy) is 1. The highest BCUT2D eigenvalue weighted by molar-refractivity contribution is 5.86. The summed E-state index contributed by atoms with van der Waals surface area (Å²) in [4.78, 5) is 24.8. The highest BCUT2D eigenvalue weighted by atomic mass is 16.5. The molecule has 1 saturated heterocycles. The Balaban J connectivity index is 1.29. The molecule has 0 unspecified atom stereocenters. The standard InChI is InChI=1S/C22H25N11O/c1-5-33-13(2)15(8-28-33)20-29-17-21(30(20)3)25-12-26-22(17)34-14-6-7-32(10-14)19-16-9-27-31(4)18(16)23-11-24-19/h8-9,11-12,14H,5-7,10H2,1-4H3/t14-/m0/s1. The number of aromatic nitrogens is 10. The summed E-state index contributed by atoms with van der Waals surface area (Å²) in [6.07, 6.45) is 7.57. The molecule has 5 aromatic rings. The minimum Gasteiger partial charge on any atom is -0.471 e. The van der Waals surface area contributed by atoms with Gasteiger partial charge in [0.25, 0.3) is 0 Å². The Hall–Kier alpha value is -4.09. The van der Waals surface area contributed by atoms with E-state index in [2.05, 4.69) is 42.0 Å². The van der Waals surface area contributed by atoms with Crippen LogP contribution in [0.3, 0.4) is 0 Å². The molecule has 12 nitrogen and oxygen atoms in total. The van der Waals surface area contributed by atoms with Gasteiger partial charge < -0.3 is 14.2 Å². The Morgan fingerprint density at radius 1 is 1.03 bits per heavy atom. The summed E-state index contributed by atoms with van der Waals surface area (Å²) < 4.78 is 12.0. The van der Waals surface area contributed by atoms with Crippen molar-refractivity contribution in [3.05, 3.63) is 30.7 Å². The molecule has 0 aliphatic carbocycles. The van der Waals surface area contributed by atoms with Gasteiger partial charge in [0, 0.05) is 39.3 Å². The zero-order valence-corrected chi connectivity index (χ0v) is 19.5. The molecular formula is C22H25N11O. The second-order valence-electron chi connectivity index (χ2n) is 8.48. The topological polar surface area (TPSA) is 117 Å². The molecule has 0 spiro atoms. The molecule has 0 amide bonds. The third-order valence-electron chi connectivity index (χ3n) is 6.50. The fraction of sp³-hybridized carbons (Fsp3) is 0.409. The van der Waals surface area contributed by atoms with Gasteiger partial charge in [-0.3, -0.25) is 9.36 Å². The fourth-order valence-corrected chi connectivity index (χ4v) is 4.67. The summed E-state index contributed by atoms with van der Waals surface area (Å²) in [7, 11) is 3.83. The Morgan fingerprint density at radius 3 is 2.68 bits per heavy atom. The second-order valence-corrected chi connectivity index (χ2v) is 8.48. The van der Waals surface area contributed by atoms with Crippen LogP contribution in [0.15, 0.2) is 25.0 Å². The van der Waals surface area contributed by atoms with E-state index in [1.54, 1.807) is 11.0 Å². The van der Waals surface area contributed by atoms with E-state index in [4.69, 9.17) is 9.72 Å². The maximum absolute atomic E-state index is 6.36. The Bertz CT molecular complexity index is 1510. The summed E-state index contributed by atoms with van der Waals surface area (Å²) in [5.41, 5.74) is 4.23. The zero-order chi connectivity index (χ0) is 23.4. The van der Waals surface area contributed by atoms with Crippen molar-refractivity contribution in [2.45, 2.75) is 32.9 Å². The highest BCUT2D eigenvalue weighted by Gasteiger charge is 2.29. The minimum atomic E-state index is -0.0465. The van der Waals surface area contributed by atoms with Crippen LogP contribution in [0.4, 0.5) is 5.82 Å². The Morgan fingerprint density at radius 2 is 1.85 bits per heavy atom. The average molecular weight is 460 g/mol. The van der Waals surface area contributed by atoms with Gasteiger partial charge in [0.2, 0.25) is 5.88 Å². The third-order valence-corrected chi connectivity index (χ3v) is 6.50. The van der Waals surface area contributed by atoms with Crippen LogP contribution in [-0.4, -0.2) is 68.2 Å². The van der Waals surface area contributed by atoms with Gasteiger partial charge in [0.15, 0.2) is 16.8 Å². The molecule has 12 heteroatoms. The summed E-state index contributed by atoms with van der Waals surface area (Å²) in [5.74, 6) is 2.17. The number of anilines is 1. The first kappa shape index (κ1) is 20.5. The van der Waals surface area contributed by atoms with Crippen molar-refractivity contribution in [1.29, 1.82) is 0 Å². The average Bonchev–Trinajstić information content (AvgIpc) is 3.62. The van der Waals surface area contributed by atoms with Crippen LogP contribution in [0.1, 0.15) is 19.0 Å². The smallest absolute Gasteiger partial charge is 0.245 e. The first-order valence-corrected chi connectivity index (χ1v) is 11.3. The third kappa shape index (κ3) is 3.09. The van der Waals surface area contributed by atoms with Crippen molar-refractivity contribution in [3.8, 4) is 17.3 Å². The molecule has 6 rings (SSSR count). The number of hydrogen-bond donors (Lipinski definition) is 0. The maximum atomic E-state index is 6.36. The van der Waals surface area contributed by atoms with Crippen molar-refractivity contribution in [2.24, 2.45) is 14.1 Å². The van der Waals surface area contributed by atoms with Gasteiger partial charge in [-0.25, -0.2) is 19.9 Å². The molecule has 5 aromatic heterocycles. The van der Waals surface area contributed by atoms with E-state index >= 15 is 0 Å². The number of imidazole rings is 1. The number of hydrogen-bond acceptors (Lipinski definition) is 9. The van der Waals surface area contributed by atoms with Crippen LogP contribution in [0.5, 0.6) is 5.88 Å². The Labute approximate surface area is 195 Å². The van der Waals surface area contributed by atoms with E-state index < -0.39 is 0 Å². The molecule has 0 saturated carbocycles. The summed E-state index contributed by atoms with van der Waals surface area (Å²) in [6, 6.07) is 0. The maximum Gasteiger partial charge on any atom is 0.245 e. The lowest BCUT2D eigenvalue weighted by molar-refractivity contribution is 0.218. The molecular weight excluding hydrogens is 434 g/mol. The molecule has 0 aromatic carbocycles.